The number of amides is 2. The number of carbonyl (C=O) groups excluding carboxylic acids is 2. The zero-order valence-electron chi connectivity index (χ0n) is 23.6. The first-order valence-electron chi connectivity index (χ1n) is 14.3. The van der Waals surface area contributed by atoms with Crippen LogP contribution in [0.2, 0.25) is 0 Å². The summed E-state index contributed by atoms with van der Waals surface area (Å²) in [4.78, 5) is 35.5. The standard InChI is InChI=1S/C31H30F3N7O3/c32-31(33,34)28-25(17-37-38-29(28)42)41-18-22-4-1-2-7-24(22)26(41)19-44-23-6-3-5-21(14-23)30(43)40-12-10-39(11-13-40)27-9-8-20(15-35)16-36-27/h1-9,14,16,25-26,28,37H,10-13,17-19H2,(H,38,42). The molecule has 228 valence electrons. The van der Waals surface area contributed by atoms with E-state index in [1.165, 1.54) is 6.20 Å². The molecule has 0 aliphatic carbocycles. The Bertz CT molecular complexity index is 1570. The van der Waals surface area contributed by atoms with E-state index in [1.807, 2.05) is 24.3 Å². The molecule has 44 heavy (non-hydrogen) atoms. The number of alkyl halides is 3. The minimum Gasteiger partial charge on any atom is -0.492 e. The zero-order chi connectivity index (χ0) is 30.8. The highest BCUT2D eigenvalue weighted by Crippen LogP contribution is 2.41. The third kappa shape index (κ3) is 5.91. The predicted octanol–water partition coefficient (Wildman–Crippen LogP) is 3.03. The average Bonchev–Trinajstić information content (AvgIpc) is 3.41. The number of nitrogens with zero attached hydrogens (tertiary/aromatic N) is 5. The van der Waals surface area contributed by atoms with Gasteiger partial charge in [0.15, 0.2) is 5.92 Å². The molecular formula is C31H30F3N7O3. The number of benzene rings is 2. The highest BCUT2D eigenvalue weighted by Gasteiger charge is 2.55. The monoisotopic (exact) mass is 605 g/mol. The highest BCUT2D eigenvalue weighted by molar-refractivity contribution is 5.94. The van der Waals surface area contributed by atoms with Gasteiger partial charge in [-0.15, -0.1) is 0 Å². The van der Waals surface area contributed by atoms with Gasteiger partial charge in [0.25, 0.3) is 5.91 Å². The summed E-state index contributed by atoms with van der Waals surface area (Å²) >= 11 is 0. The SMILES string of the molecule is N#Cc1ccc(N2CCN(C(=O)c3cccc(OCC4c5ccccc5CN4C4CNNC(=O)C4C(F)(F)F)c3)CC2)nc1. The average molecular weight is 606 g/mol. The number of nitrogens with one attached hydrogen (secondary N) is 2. The smallest absolute Gasteiger partial charge is 0.402 e. The largest absolute Gasteiger partial charge is 0.492 e. The number of nitriles is 1. The minimum atomic E-state index is -4.71. The third-order valence-electron chi connectivity index (χ3n) is 8.39. The van der Waals surface area contributed by atoms with Gasteiger partial charge in [-0.3, -0.25) is 19.9 Å². The number of rotatable bonds is 6. The predicted molar refractivity (Wildman–Crippen MR) is 153 cm³/mol. The van der Waals surface area contributed by atoms with Crippen LogP contribution in [0, 0.1) is 17.2 Å². The molecule has 0 bridgehead atoms. The molecular weight excluding hydrogens is 575 g/mol. The molecule has 3 aliphatic heterocycles. The molecule has 10 nitrogen and oxygen atoms in total. The molecule has 1 aromatic heterocycles. The van der Waals surface area contributed by atoms with E-state index < -0.39 is 30.1 Å². The Morgan fingerprint density at radius 2 is 1.86 bits per heavy atom. The number of aromatic nitrogens is 1. The van der Waals surface area contributed by atoms with Crippen molar-refractivity contribution in [3.63, 3.8) is 0 Å². The van der Waals surface area contributed by atoms with Crippen molar-refractivity contribution in [2.75, 3.05) is 44.2 Å². The maximum absolute atomic E-state index is 14.0. The molecule has 0 spiro atoms. The Labute approximate surface area is 252 Å². The third-order valence-corrected chi connectivity index (χ3v) is 8.39. The molecule has 3 aromatic rings. The molecule has 0 radical (unpaired) electrons. The Morgan fingerprint density at radius 3 is 2.59 bits per heavy atom. The molecule has 0 saturated carbocycles. The van der Waals surface area contributed by atoms with E-state index in [4.69, 9.17) is 10.00 Å². The second-order valence-electron chi connectivity index (χ2n) is 11.0. The van der Waals surface area contributed by atoms with E-state index >= 15 is 0 Å². The number of anilines is 1. The second-order valence-corrected chi connectivity index (χ2v) is 11.0. The van der Waals surface area contributed by atoms with Gasteiger partial charge in [0.1, 0.15) is 24.2 Å². The molecule has 13 heteroatoms. The van der Waals surface area contributed by atoms with E-state index in [9.17, 15) is 22.8 Å². The maximum Gasteiger partial charge on any atom is 0.402 e. The summed E-state index contributed by atoms with van der Waals surface area (Å²) in [7, 11) is 0. The van der Waals surface area contributed by atoms with E-state index in [0.717, 1.165) is 16.9 Å². The number of pyridine rings is 1. The van der Waals surface area contributed by atoms with E-state index in [0.29, 0.717) is 43.1 Å². The summed E-state index contributed by atoms with van der Waals surface area (Å²) in [6, 6.07) is 18.1. The van der Waals surface area contributed by atoms with Crippen molar-refractivity contribution in [1.29, 1.82) is 5.26 Å². The Hall–Kier alpha value is -4.67. The number of halogens is 3. The van der Waals surface area contributed by atoms with E-state index in [2.05, 4.69) is 26.8 Å². The van der Waals surface area contributed by atoms with Gasteiger partial charge >= 0.3 is 6.18 Å². The number of hydrazine groups is 1. The van der Waals surface area contributed by atoms with Crippen molar-refractivity contribution < 1.29 is 27.5 Å². The van der Waals surface area contributed by atoms with Gasteiger partial charge in [0, 0.05) is 57.1 Å². The van der Waals surface area contributed by atoms with Crippen LogP contribution in [0.15, 0.2) is 66.9 Å². The van der Waals surface area contributed by atoms with Crippen LogP contribution in [0.4, 0.5) is 19.0 Å². The summed E-state index contributed by atoms with van der Waals surface area (Å²) in [5.74, 6) is -2.27. The van der Waals surface area contributed by atoms with Crippen molar-refractivity contribution in [1.82, 2.24) is 25.6 Å². The molecule has 3 atom stereocenters. The van der Waals surface area contributed by atoms with Crippen LogP contribution in [0.1, 0.15) is 33.1 Å². The Kier molecular flexibility index (Phi) is 8.11. The lowest BCUT2D eigenvalue weighted by molar-refractivity contribution is -0.202. The first kappa shape index (κ1) is 29.4. The maximum atomic E-state index is 14.0. The fourth-order valence-corrected chi connectivity index (χ4v) is 6.17. The molecule has 3 unspecified atom stereocenters. The van der Waals surface area contributed by atoms with Gasteiger partial charge in [0.05, 0.1) is 11.6 Å². The number of ether oxygens (including phenoxy) is 1. The molecule has 2 N–H and O–H groups in total. The van der Waals surface area contributed by atoms with Crippen molar-refractivity contribution >= 4 is 17.6 Å². The minimum absolute atomic E-state index is 0.0353. The fourth-order valence-electron chi connectivity index (χ4n) is 6.17. The van der Waals surface area contributed by atoms with Gasteiger partial charge in [-0.1, -0.05) is 30.3 Å². The fraction of sp³-hybridized carbons (Fsp3) is 0.355. The lowest BCUT2D eigenvalue weighted by Gasteiger charge is -2.40. The number of piperazine rings is 1. The topological polar surface area (TPSA) is 114 Å². The van der Waals surface area contributed by atoms with Crippen molar-refractivity contribution in [3.05, 3.63) is 89.1 Å². The van der Waals surface area contributed by atoms with Gasteiger partial charge in [-0.05, 0) is 41.5 Å². The first-order valence-corrected chi connectivity index (χ1v) is 14.3. The quantitative estimate of drug-likeness (QED) is 0.441. The van der Waals surface area contributed by atoms with Crippen LogP contribution in [-0.4, -0.2) is 78.1 Å². The summed E-state index contributed by atoms with van der Waals surface area (Å²) in [5, 5.41) is 8.99. The van der Waals surface area contributed by atoms with E-state index in [1.54, 1.807) is 46.2 Å². The number of hydrogen-bond donors (Lipinski definition) is 2. The molecule has 6 rings (SSSR count). The molecule has 3 aliphatic rings. The Morgan fingerprint density at radius 1 is 1.07 bits per heavy atom. The van der Waals surface area contributed by atoms with E-state index in [-0.39, 0.29) is 25.6 Å². The van der Waals surface area contributed by atoms with Crippen LogP contribution in [0.5, 0.6) is 5.75 Å². The molecule has 2 saturated heterocycles. The van der Waals surface area contributed by atoms with Gasteiger partial charge in [-0.2, -0.15) is 18.4 Å². The summed E-state index contributed by atoms with van der Waals surface area (Å²) in [6.45, 7) is 2.37. The first-order chi connectivity index (χ1) is 21.2. The van der Waals surface area contributed by atoms with Crippen LogP contribution in [-0.2, 0) is 11.3 Å². The van der Waals surface area contributed by atoms with Crippen molar-refractivity contribution in [3.8, 4) is 11.8 Å². The molecule has 2 amide bonds. The number of carbonyl (C=O) groups is 2. The number of fused-ring (bicyclic) bond motifs is 1. The summed E-state index contributed by atoms with van der Waals surface area (Å²) in [6.07, 6.45) is -3.19. The van der Waals surface area contributed by atoms with Crippen LogP contribution >= 0.6 is 0 Å². The lowest BCUT2D eigenvalue weighted by Crippen LogP contribution is -2.64. The van der Waals surface area contributed by atoms with Crippen LogP contribution in [0.25, 0.3) is 0 Å². The van der Waals surface area contributed by atoms with Gasteiger partial charge in [0.2, 0.25) is 5.91 Å². The van der Waals surface area contributed by atoms with Crippen LogP contribution in [0.3, 0.4) is 0 Å². The van der Waals surface area contributed by atoms with Crippen molar-refractivity contribution in [2.45, 2.75) is 24.8 Å². The van der Waals surface area contributed by atoms with Gasteiger partial charge in [-0.25, -0.2) is 10.4 Å². The Balaban J connectivity index is 1.13. The summed E-state index contributed by atoms with van der Waals surface area (Å²) in [5.41, 5.74) is 7.40. The molecule has 2 fully saturated rings. The van der Waals surface area contributed by atoms with Crippen LogP contribution < -0.4 is 20.5 Å². The summed E-state index contributed by atoms with van der Waals surface area (Å²) < 4.78 is 48.2. The zero-order valence-corrected chi connectivity index (χ0v) is 23.6. The second kappa shape index (κ2) is 12.1. The highest BCUT2D eigenvalue weighted by atomic mass is 19.4. The number of hydrogen-bond acceptors (Lipinski definition) is 8. The molecule has 2 aromatic carbocycles. The lowest BCUT2D eigenvalue weighted by atomic mass is 9.94. The molecule has 4 heterocycles. The van der Waals surface area contributed by atoms with Crippen molar-refractivity contribution in [2.24, 2.45) is 5.92 Å². The van der Waals surface area contributed by atoms with Gasteiger partial charge < -0.3 is 14.5 Å². The normalized spacial score (nSPS) is 22.2.